The topological polar surface area (TPSA) is 64.2 Å². The van der Waals surface area contributed by atoms with E-state index in [-0.39, 0.29) is 6.04 Å². The van der Waals surface area contributed by atoms with Crippen LogP contribution >= 0.6 is 0 Å². The second-order valence-corrected chi connectivity index (χ2v) is 5.88. The molecule has 0 aliphatic carbocycles. The maximum atomic E-state index is 12.3. The minimum Gasteiger partial charge on any atom is -0.342 e. The molecule has 0 aromatic rings. The van der Waals surface area contributed by atoms with E-state index in [9.17, 15) is 14.4 Å². The minimum absolute atomic E-state index is 0.147. The smallest absolute Gasteiger partial charge is 0.312 e. The molecule has 0 N–H and O–H groups in total. The van der Waals surface area contributed by atoms with Gasteiger partial charge in [-0.25, -0.2) is 0 Å². The summed E-state index contributed by atoms with van der Waals surface area (Å²) in [6.45, 7) is 3.78. The number of piperidine rings is 1. The minimum atomic E-state index is -0.443. The molecular weight excluding hydrogens is 272 g/mol. The van der Waals surface area contributed by atoms with E-state index in [1.807, 2.05) is 0 Å². The number of carbonyl (C=O) groups excluding carboxylic acids is 3. The SMILES string of the molecule is CN1CCC(N(C)C(=O)C(=O)N2CCN(C=O)CC2)CC1. The van der Waals surface area contributed by atoms with Gasteiger partial charge in [0.1, 0.15) is 0 Å². The zero-order valence-corrected chi connectivity index (χ0v) is 12.8. The Kier molecular flexibility index (Phi) is 5.17. The molecule has 0 atom stereocenters. The lowest BCUT2D eigenvalue weighted by molar-refractivity contribution is -0.154. The first-order chi connectivity index (χ1) is 10.0. The summed E-state index contributed by atoms with van der Waals surface area (Å²) in [4.78, 5) is 42.2. The fraction of sp³-hybridized carbons (Fsp3) is 0.786. The molecule has 0 radical (unpaired) electrons. The third kappa shape index (κ3) is 3.72. The fourth-order valence-corrected chi connectivity index (χ4v) is 2.86. The van der Waals surface area contributed by atoms with Crippen molar-refractivity contribution in [2.45, 2.75) is 18.9 Å². The molecule has 21 heavy (non-hydrogen) atoms. The number of likely N-dealkylation sites (N-methyl/N-ethyl adjacent to an activating group) is 1. The maximum absolute atomic E-state index is 12.3. The van der Waals surface area contributed by atoms with Crippen LogP contribution in [0.5, 0.6) is 0 Å². The molecule has 2 aliphatic heterocycles. The van der Waals surface area contributed by atoms with Gasteiger partial charge in [-0.2, -0.15) is 0 Å². The van der Waals surface area contributed by atoms with Gasteiger partial charge in [-0.3, -0.25) is 14.4 Å². The molecule has 0 spiro atoms. The average molecular weight is 296 g/mol. The van der Waals surface area contributed by atoms with Crippen molar-refractivity contribution in [3.05, 3.63) is 0 Å². The van der Waals surface area contributed by atoms with Crippen LogP contribution in [0.3, 0.4) is 0 Å². The van der Waals surface area contributed by atoms with Crippen molar-refractivity contribution in [3.8, 4) is 0 Å². The van der Waals surface area contributed by atoms with E-state index in [4.69, 9.17) is 0 Å². The first kappa shape index (κ1) is 15.8. The standard InChI is InChI=1S/C14H24N4O3/c1-15-5-3-12(4-6-15)16(2)13(20)14(21)18-9-7-17(11-19)8-10-18/h11-12H,3-10H2,1-2H3. The number of carbonyl (C=O) groups is 3. The predicted octanol–water partition coefficient (Wildman–Crippen LogP) is -1.16. The van der Waals surface area contributed by atoms with Gasteiger partial charge in [0.05, 0.1) is 0 Å². The molecule has 7 nitrogen and oxygen atoms in total. The summed E-state index contributed by atoms with van der Waals surface area (Å²) in [6, 6.07) is 0.147. The highest BCUT2D eigenvalue weighted by Crippen LogP contribution is 2.15. The monoisotopic (exact) mass is 296 g/mol. The lowest BCUT2D eigenvalue weighted by Crippen LogP contribution is -2.54. The Morgan fingerprint density at radius 2 is 1.62 bits per heavy atom. The number of hydrogen-bond acceptors (Lipinski definition) is 4. The predicted molar refractivity (Wildman–Crippen MR) is 77.5 cm³/mol. The maximum Gasteiger partial charge on any atom is 0.312 e. The number of rotatable bonds is 2. The molecule has 3 amide bonds. The van der Waals surface area contributed by atoms with E-state index in [1.54, 1.807) is 21.7 Å². The van der Waals surface area contributed by atoms with Crippen LogP contribution in [-0.2, 0) is 14.4 Å². The lowest BCUT2D eigenvalue weighted by Gasteiger charge is -2.37. The number of likely N-dealkylation sites (tertiary alicyclic amines) is 1. The Labute approximate surface area is 125 Å². The van der Waals surface area contributed by atoms with Gasteiger partial charge in [0.15, 0.2) is 0 Å². The van der Waals surface area contributed by atoms with Gasteiger partial charge in [0.2, 0.25) is 6.41 Å². The van der Waals surface area contributed by atoms with Crippen molar-refractivity contribution in [2.24, 2.45) is 0 Å². The second kappa shape index (κ2) is 6.89. The van der Waals surface area contributed by atoms with E-state index >= 15 is 0 Å². The molecular formula is C14H24N4O3. The Bertz CT molecular complexity index is 399. The highest BCUT2D eigenvalue weighted by atomic mass is 16.2. The summed E-state index contributed by atoms with van der Waals surface area (Å²) in [5.41, 5.74) is 0. The van der Waals surface area contributed by atoms with Crippen LogP contribution in [0.2, 0.25) is 0 Å². The number of amides is 3. The summed E-state index contributed by atoms with van der Waals surface area (Å²) in [7, 11) is 3.79. The molecule has 2 heterocycles. The Balaban J connectivity index is 1.87. The third-order valence-electron chi connectivity index (χ3n) is 4.49. The van der Waals surface area contributed by atoms with Crippen molar-refractivity contribution in [1.29, 1.82) is 0 Å². The van der Waals surface area contributed by atoms with Crippen LogP contribution in [0.15, 0.2) is 0 Å². The van der Waals surface area contributed by atoms with E-state index in [2.05, 4.69) is 11.9 Å². The first-order valence-electron chi connectivity index (χ1n) is 7.47. The largest absolute Gasteiger partial charge is 0.342 e. The molecule has 2 rings (SSSR count). The summed E-state index contributed by atoms with van der Waals surface area (Å²) < 4.78 is 0. The molecule has 2 fully saturated rings. The average Bonchev–Trinajstić information content (AvgIpc) is 2.53. The van der Waals surface area contributed by atoms with E-state index < -0.39 is 11.8 Å². The normalized spacial score (nSPS) is 21.2. The van der Waals surface area contributed by atoms with Gasteiger partial charge in [-0.05, 0) is 33.0 Å². The van der Waals surface area contributed by atoms with Crippen molar-refractivity contribution < 1.29 is 14.4 Å². The van der Waals surface area contributed by atoms with Crippen molar-refractivity contribution in [2.75, 3.05) is 53.4 Å². The van der Waals surface area contributed by atoms with E-state index in [1.165, 1.54) is 0 Å². The Hall–Kier alpha value is -1.63. The van der Waals surface area contributed by atoms with Crippen LogP contribution in [-0.4, -0.2) is 97.2 Å². The molecule has 118 valence electrons. The van der Waals surface area contributed by atoms with Crippen molar-refractivity contribution in [1.82, 2.24) is 19.6 Å². The van der Waals surface area contributed by atoms with E-state index in [0.717, 1.165) is 32.3 Å². The highest BCUT2D eigenvalue weighted by Gasteiger charge is 2.31. The van der Waals surface area contributed by atoms with Gasteiger partial charge >= 0.3 is 11.8 Å². The van der Waals surface area contributed by atoms with Crippen LogP contribution in [0, 0.1) is 0 Å². The lowest BCUT2D eigenvalue weighted by atomic mass is 10.0. The molecule has 0 saturated carbocycles. The molecule has 2 saturated heterocycles. The first-order valence-corrected chi connectivity index (χ1v) is 7.47. The van der Waals surface area contributed by atoms with Crippen molar-refractivity contribution in [3.63, 3.8) is 0 Å². The quantitative estimate of drug-likeness (QED) is 0.476. The van der Waals surface area contributed by atoms with Crippen LogP contribution in [0.25, 0.3) is 0 Å². The third-order valence-corrected chi connectivity index (χ3v) is 4.49. The van der Waals surface area contributed by atoms with Gasteiger partial charge in [0, 0.05) is 39.3 Å². The molecule has 0 bridgehead atoms. The zero-order valence-electron chi connectivity index (χ0n) is 12.8. The van der Waals surface area contributed by atoms with Gasteiger partial charge < -0.3 is 19.6 Å². The number of piperazine rings is 1. The molecule has 7 heteroatoms. The molecule has 2 aliphatic rings. The van der Waals surface area contributed by atoms with Gasteiger partial charge in [-0.1, -0.05) is 0 Å². The summed E-state index contributed by atoms with van der Waals surface area (Å²) >= 11 is 0. The van der Waals surface area contributed by atoms with Crippen LogP contribution < -0.4 is 0 Å². The second-order valence-electron chi connectivity index (χ2n) is 5.88. The van der Waals surface area contributed by atoms with Crippen molar-refractivity contribution >= 4 is 18.2 Å². The molecule has 0 unspecified atom stereocenters. The van der Waals surface area contributed by atoms with Crippen LogP contribution in [0.1, 0.15) is 12.8 Å². The Morgan fingerprint density at radius 3 is 2.14 bits per heavy atom. The van der Waals surface area contributed by atoms with Gasteiger partial charge in [0.25, 0.3) is 0 Å². The van der Waals surface area contributed by atoms with Gasteiger partial charge in [-0.15, -0.1) is 0 Å². The zero-order chi connectivity index (χ0) is 15.4. The Morgan fingerprint density at radius 1 is 1.05 bits per heavy atom. The summed E-state index contributed by atoms with van der Waals surface area (Å²) in [6.07, 6.45) is 2.60. The fourth-order valence-electron chi connectivity index (χ4n) is 2.86. The highest BCUT2D eigenvalue weighted by molar-refractivity contribution is 6.34. The summed E-state index contributed by atoms with van der Waals surface area (Å²) in [5, 5.41) is 0. The number of hydrogen-bond donors (Lipinski definition) is 0. The molecule has 0 aromatic heterocycles. The molecule has 0 aromatic carbocycles. The number of nitrogens with zero attached hydrogens (tertiary/aromatic N) is 4. The van der Waals surface area contributed by atoms with E-state index in [0.29, 0.717) is 26.2 Å². The summed E-state index contributed by atoms with van der Waals surface area (Å²) in [5.74, 6) is -0.869. The van der Waals surface area contributed by atoms with Crippen LogP contribution in [0.4, 0.5) is 0 Å².